The van der Waals surface area contributed by atoms with Crippen molar-refractivity contribution >= 4 is 11.6 Å². The summed E-state index contributed by atoms with van der Waals surface area (Å²) in [5.74, 6) is -0.0636. The van der Waals surface area contributed by atoms with Gasteiger partial charge in [-0.25, -0.2) is 0 Å². The second-order valence-electron chi connectivity index (χ2n) is 4.70. The molecule has 0 saturated carbocycles. The Labute approximate surface area is 118 Å². The van der Waals surface area contributed by atoms with E-state index in [0.717, 1.165) is 13.0 Å². The van der Waals surface area contributed by atoms with E-state index in [1.165, 1.54) is 0 Å². The Morgan fingerprint density at radius 3 is 3.20 bits per heavy atom. The molecule has 2 rings (SSSR count). The van der Waals surface area contributed by atoms with E-state index in [2.05, 4.69) is 5.32 Å². The van der Waals surface area contributed by atoms with Gasteiger partial charge < -0.3 is 14.8 Å². The van der Waals surface area contributed by atoms with Crippen molar-refractivity contribution in [2.24, 2.45) is 0 Å². The molecule has 5 nitrogen and oxygen atoms in total. The fourth-order valence-corrected chi connectivity index (χ4v) is 2.02. The van der Waals surface area contributed by atoms with Crippen molar-refractivity contribution < 1.29 is 14.3 Å². The van der Waals surface area contributed by atoms with Crippen LogP contribution >= 0.6 is 0 Å². The van der Waals surface area contributed by atoms with Crippen LogP contribution in [0.1, 0.15) is 24.8 Å². The van der Waals surface area contributed by atoms with Crippen LogP contribution in [0.15, 0.2) is 24.3 Å². The van der Waals surface area contributed by atoms with E-state index >= 15 is 0 Å². The molecule has 1 atom stereocenters. The smallest absolute Gasteiger partial charge is 0.224 e. The summed E-state index contributed by atoms with van der Waals surface area (Å²) in [5.41, 5.74) is 1.19. The van der Waals surface area contributed by atoms with Gasteiger partial charge in [-0.3, -0.25) is 4.79 Å². The lowest BCUT2D eigenvalue weighted by Gasteiger charge is -2.09. The number of carbonyl (C=O) groups excluding carboxylic acids is 1. The average Bonchev–Trinajstić information content (AvgIpc) is 2.97. The normalized spacial score (nSPS) is 17.6. The fraction of sp³-hybridized carbons (Fsp3) is 0.467. The summed E-state index contributed by atoms with van der Waals surface area (Å²) >= 11 is 0. The lowest BCUT2D eigenvalue weighted by Crippen LogP contribution is -2.16. The average molecular weight is 274 g/mol. The van der Waals surface area contributed by atoms with Crippen molar-refractivity contribution in [3.05, 3.63) is 29.8 Å². The van der Waals surface area contributed by atoms with E-state index in [0.29, 0.717) is 37.3 Å². The number of nitrogens with zero attached hydrogens (tertiary/aromatic N) is 1. The first-order valence-electron chi connectivity index (χ1n) is 6.77. The van der Waals surface area contributed by atoms with Gasteiger partial charge in [0.2, 0.25) is 5.91 Å². The largest absolute Gasteiger partial charge is 0.379 e. The van der Waals surface area contributed by atoms with Crippen LogP contribution in [0.3, 0.4) is 0 Å². The summed E-state index contributed by atoms with van der Waals surface area (Å²) in [6.07, 6.45) is 2.21. The van der Waals surface area contributed by atoms with Gasteiger partial charge in [0.15, 0.2) is 0 Å². The number of amides is 1. The molecule has 0 aromatic heterocycles. The Morgan fingerprint density at radius 2 is 2.45 bits per heavy atom. The zero-order chi connectivity index (χ0) is 14.2. The monoisotopic (exact) mass is 274 g/mol. The number of rotatable bonds is 6. The van der Waals surface area contributed by atoms with Crippen molar-refractivity contribution in [2.45, 2.75) is 25.4 Å². The highest BCUT2D eigenvalue weighted by atomic mass is 16.5. The molecule has 1 fully saturated rings. The zero-order valence-electron chi connectivity index (χ0n) is 11.3. The van der Waals surface area contributed by atoms with E-state index in [9.17, 15) is 4.79 Å². The molecule has 0 spiro atoms. The second kappa shape index (κ2) is 7.63. The van der Waals surface area contributed by atoms with Crippen LogP contribution in [0.2, 0.25) is 0 Å². The van der Waals surface area contributed by atoms with Crippen LogP contribution in [-0.4, -0.2) is 31.8 Å². The van der Waals surface area contributed by atoms with Gasteiger partial charge in [-0.15, -0.1) is 0 Å². The molecule has 1 amide bonds. The SMILES string of the molecule is N#Cc1cccc(NC(=O)CCCOC2CCOC2)c1. The molecule has 1 aliphatic heterocycles. The van der Waals surface area contributed by atoms with Crippen LogP contribution in [0.25, 0.3) is 0 Å². The second-order valence-corrected chi connectivity index (χ2v) is 4.70. The number of anilines is 1. The third-order valence-electron chi connectivity index (χ3n) is 3.07. The number of ether oxygens (including phenoxy) is 2. The van der Waals surface area contributed by atoms with Crippen LogP contribution in [0.4, 0.5) is 5.69 Å². The lowest BCUT2D eigenvalue weighted by molar-refractivity contribution is -0.116. The van der Waals surface area contributed by atoms with Crippen LogP contribution in [0, 0.1) is 11.3 Å². The van der Waals surface area contributed by atoms with Gasteiger partial charge in [0.1, 0.15) is 0 Å². The highest BCUT2D eigenvalue weighted by Gasteiger charge is 2.15. The molecule has 0 bridgehead atoms. The van der Waals surface area contributed by atoms with Crippen molar-refractivity contribution in [2.75, 3.05) is 25.1 Å². The van der Waals surface area contributed by atoms with Crippen LogP contribution < -0.4 is 5.32 Å². The lowest BCUT2D eigenvalue weighted by atomic mass is 10.2. The summed E-state index contributed by atoms with van der Waals surface area (Å²) in [6.45, 7) is 1.99. The number of hydrogen-bond donors (Lipinski definition) is 1. The minimum atomic E-state index is -0.0636. The Bertz CT molecular complexity index is 490. The van der Waals surface area contributed by atoms with E-state index < -0.39 is 0 Å². The van der Waals surface area contributed by atoms with Gasteiger partial charge in [0.25, 0.3) is 0 Å². The van der Waals surface area contributed by atoms with Gasteiger partial charge in [0.05, 0.1) is 24.3 Å². The molecule has 1 unspecified atom stereocenters. The molecule has 1 heterocycles. The van der Waals surface area contributed by atoms with Gasteiger partial charge in [-0.1, -0.05) is 6.07 Å². The Balaban J connectivity index is 1.65. The third kappa shape index (κ3) is 4.65. The third-order valence-corrected chi connectivity index (χ3v) is 3.07. The Hall–Kier alpha value is -1.90. The molecular formula is C15H18N2O3. The van der Waals surface area contributed by atoms with Gasteiger partial charge in [-0.05, 0) is 31.0 Å². The minimum Gasteiger partial charge on any atom is -0.379 e. The number of benzene rings is 1. The van der Waals surface area contributed by atoms with Crippen molar-refractivity contribution in [3.8, 4) is 6.07 Å². The fourth-order valence-electron chi connectivity index (χ4n) is 2.02. The molecule has 1 aromatic carbocycles. The van der Waals surface area contributed by atoms with Gasteiger partial charge in [-0.2, -0.15) is 5.26 Å². The molecule has 20 heavy (non-hydrogen) atoms. The summed E-state index contributed by atoms with van der Waals surface area (Å²) in [4.78, 5) is 11.7. The first-order chi connectivity index (χ1) is 9.78. The van der Waals surface area contributed by atoms with E-state index in [4.69, 9.17) is 14.7 Å². The Kier molecular flexibility index (Phi) is 5.54. The van der Waals surface area contributed by atoms with Crippen molar-refractivity contribution in [1.82, 2.24) is 0 Å². The quantitative estimate of drug-likeness (QED) is 0.806. The summed E-state index contributed by atoms with van der Waals surface area (Å²) in [6, 6.07) is 8.92. The molecule has 1 saturated heterocycles. The molecule has 1 aliphatic rings. The topological polar surface area (TPSA) is 71.4 Å². The molecular weight excluding hydrogens is 256 g/mol. The highest BCUT2D eigenvalue weighted by molar-refractivity contribution is 5.90. The molecule has 1 aromatic rings. The molecule has 0 aliphatic carbocycles. The molecule has 1 N–H and O–H groups in total. The standard InChI is InChI=1S/C15H18N2O3/c16-10-12-3-1-4-13(9-12)17-15(18)5-2-7-20-14-6-8-19-11-14/h1,3-4,9,14H,2,5-8,11H2,(H,17,18). The first kappa shape index (κ1) is 14.5. The minimum absolute atomic E-state index is 0.0636. The molecule has 5 heteroatoms. The van der Waals surface area contributed by atoms with Crippen LogP contribution in [-0.2, 0) is 14.3 Å². The first-order valence-corrected chi connectivity index (χ1v) is 6.77. The summed E-state index contributed by atoms with van der Waals surface area (Å²) < 4.78 is 10.8. The summed E-state index contributed by atoms with van der Waals surface area (Å²) in [5, 5.41) is 11.6. The predicted octanol–water partition coefficient (Wildman–Crippen LogP) is 2.08. The molecule has 106 valence electrons. The molecule has 0 radical (unpaired) electrons. The van der Waals surface area contributed by atoms with E-state index in [1.807, 2.05) is 6.07 Å². The maximum atomic E-state index is 11.7. The Morgan fingerprint density at radius 1 is 1.55 bits per heavy atom. The van der Waals surface area contributed by atoms with Crippen molar-refractivity contribution in [3.63, 3.8) is 0 Å². The van der Waals surface area contributed by atoms with Gasteiger partial charge >= 0.3 is 0 Å². The van der Waals surface area contributed by atoms with Gasteiger partial charge in [0, 0.05) is 25.3 Å². The number of nitrogens with one attached hydrogen (secondary N) is 1. The number of carbonyl (C=O) groups is 1. The number of hydrogen-bond acceptors (Lipinski definition) is 4. The zero-order valence-corrected chi connectivity index (χ0v) is 11.3. The number of nitriles is 1. The highest BCUT2D eigenvalue weighted by Crippen LogP contribution is 2.11. The van der Waals surface area contributed by atoms with E-state index in [1.54, 1.807) is 24.3 Å². The maximum Gasteiger partial charge on any atom is 0.224 e. The van der Waals surface area contributed by atoms with Crippen LogP contribution in [0.5, 0.6) is 0 Å². The predicted molar refractivity (Wildman–Crippen MR) is 74.2 cm³/mol. The van der Waals surface area contributed by atoms with Crippen molar-refractivity contribution in [1.29, 1.82) is 5.26 Å². The summed E-state index contributed by atoms with van der Waals surface area (Å²) in [7, 11) is 0. The maximum absolute atomic E-state index is 11.7. The van der Waals surface area contributed by atoms with E-state index in [-0.39, 0.29) is 12.0 Å².